The largest absolute Gasteiger partial charge is 0.478 e. The van der Waals surface area contributed by atoms with Crippen molar-refractivity contribution in [1.82, 2.24) is 5.48 Å². The summed E-state index contributed by atoms with van der Waals surface area (Å²) in [6.07, 6.45) is 4.75. The van der Waals surface area contributed by atoms with E-state index in [0.29, 0.717) is 6.42 Å². The summed E-state index contributed by atoms with van der Waals surface area (Å²) in [6, 6.07) is 0. The van der Waals surface area contributed by atoms with Crippen LogP contribution in [0.15, 0.2) is 24.1 Å². The Morgan fingerprint density at radius 1 is 1.80 bits per heavy atom. The Morgan fingerprint density at radius 2 is 2.60 bits per heavy atom. The Bertz CT molecular complexity index is 195. The molecule has 1 aliphatic rings. The summed E-state index contributed by atoms with van der Waals surface area (Å²) in [7, 11) is 0. The Balaban J connectivity index is 2.65. The first-order valence-electron chi connectivity index (χ1n) is 2.79. The predicted molar refractivity (Wildman–Crippen MR) is 33.7 cm³/mol. The summed E-state index contributed by atoms with van der Waals surface area (Å²) >= 11 is 0. The number of carboxylic acid groups (broad SMARTS) is 1. The predicted octanol–water partition coefficient (Wildman–Crippen LogP) is 0.394. The van der Waals surface area contributed by atoms with E-state index in [9.17, 15) is 4.79 Å². The van der Waals surface area contributed by atoms with Gasteiger partial charge in [-0.2, -0.15) is 0 Å². The standard InChI is InChI=1S/C6H7NO3/c8-6(9)5-2-1-3-10-7-4-5/h1,3-4,7H,2H2,(H,8,9). The van der Waals surface area contributed by atoms with Crippen molar-refractivity contribution in [1.29, 1.82) is 0 Å². The zero-order valence-electron chi connectivity index (χ0n) is 5.20. The highest BCUT2D eigenvalue weighted by atomic mass is 16.6. The first kappa shape index (κ1) is 6.67. The van der Waals surface area contributed by atoms with E-state index >= 15 is 0 Å². The lowest BCUT2D eigenvalue weighted by atomic mass is 10.2. The lowest BCUT2D eigenvalue weighted by Gasteiger charge is -1.94. The van der Waals surface area contributed by atoms with Gasteiger partial charge in [0.05, 0.1) is 5.57 Å². The third kappa shape index (κ3) is 1.51. The molecule has 0 saturated heterocycles. The Hall–Kier alpha value is -1.45. The van der Waals surface area contributed by atoms with Crippen molar-refractivity contribution in [3.63, 3.8) is 0 Å². The van der Waals surface area contributed by atoms with Crippen LogP contribution >= 0.6 is 0 Å². The highest BCUT2D eigenvalue weighted by Gasteiger charge is 2.05. The topological polar surface area (TPSA) is 58.6 Å². The molecule has 0 unspecified atom stereocenters. The molecule has 10 heavy (non-hydrogen) atoms. The van der Waals surface area contributed by atoms with Gasteiger partial charge in [0.15, 0.2) is 0 Å². The van der Waals surface area contributed by atoms with E-state index in [1.165, 1.54) is 12.5 Å². The molecule has 0 atom stereocenters. The summed E-state index contributed by atoms with van der Waals surface area (Å²) in [5, 5.41) is 8.47. The zero-order chi connectivity index (χ0) is 7.40. The van der Waals surface area contributed by atoms with Gasteiger partial charge in [0.2, 0.25) is 0 Å². The fourth-order valence-electron chi connectivity index (χ4n) is 0.576. The molecule has 54 valence electrons. The van der Waals surface area contributed by atoms with Gasteiger partial charge in [-0.25, -0.2) is 10.3 Å². The van der Waals surface area contributed by atoms with Crippen LogP contribution in [0.25, 0.3) is 0 Å². The second-order valence-corrected chi connectivity index (χ2v) is 1.79. The molecule has 2 N–H and O–H groups in total. The number of rotatable bonds is 1. The summed E-state index contributed by atoms with van der Waals surface area (Å²) in [5.74, 6) is -0.928. The van der Waals surface area contributed by atoms with Gasteiger partial charge >= 0.3 is 5.97 Å². The van der Waals surface area contributed by atoms with E-state index in [1.54, 1.807) is 6.08 Å². The third-order valence-corrected chi connectivity index (χ3v) is 1.08. The number of carboxylic acids is 1. The fraction of sp³-hybridized carbons (Fsp3) is 0.167. The Labute approximate surface area is 57.8 Å². The molecule has 0 amide bonds. The van der Waals surface area contributed by atoms with Crippen LogP contribution < -0.4 is 5.48 Å². The number of hydrogen-bond acceptors (Lipinski definition) is 3. The van der Waals surface area contributed by atoms with Crippen molar-refractivity contribution in [2.45, 2.75) is 6.42 Å². The van der Waals surface area contributed by atoms with Crippen LogP contribution in [-0.2, 0) is 9.63 Å². The quantitative estimate of drug-likeness (QED) is 0.554. The highest BCUT2D eigenvalue weighted by Crippen LogP contribution is 2.03. The lowest BCUT2D eigenvalue weighted by Crippen LogP contribution is -2.05. The van der Waals surface area contributed by atoms with E-state index in [-0.39, 0.29) is 5.57 Å². The third-order valence-electron chi connectivity index (χ3n) is 1.08. The summed E-state index contributed by atoms with van der Waals surface area (Å²) in [4.78, 5) is 14.9. The van der Waals surface area contributed by atoms with E-state index in [4.69, 9.17) is 5.11 Å². The number of carbonyl (C=O) groups is 1. The monoisotopic (exact) mass is 141 g/mol. The minimum Gasteiger partial charge on any atom is -0.478 e. The van der Waals surface area contributed by atoms with Crippen LogP contribution in [-0.4, -0.2) is 11.1 Å². The number of aliphatic carboxylic acids is 1. The average Bonchev–Trinajstić information content (AvgIpc) is 2.12. The second-order valence-electron chi connectivity index (χ2n) is 1.79. The summed E-state index contributed by atoms with van der Waals surface area (Å²) in [6.45, 7) is 0. The molecular weight excluding hydrogens is 134 g/mol. The van der Waals surface area contributed by atoms with E-state index < -0.39 is 5.97 Å². The Morgan fingerprint density at radius 3 is 3.30 bits per heavy atom. The van der Waals surface area contributed by atoms with Gasteiger partial charge in [-0.05, 0) is 6.08 Å². The molecule has 0 saturated carbocycles. The van der Waals surface area contributed by atoms with Gasteiger partial charge in [0, 0.05) is 12.6 Å². The SMILES string of the molecule is O=C(O)C1=CNOC=CC1. The molecule has 4 heteroatoms. The van der Waals surface area contributed by atoms with Gasteiger partial charge in [-0.15, -0.1) is 0 Å². The first-order chi connectivity index (χ1) is 4.80. The van der Waals surface area contributed by atoms with Crippen molar-refractivity contribution in [2.24, 2.45) is 0 Å². The number of hydroxylamine groups is 1. The first-order valence-corrected chi connectivity index (χ1v) is 2.79. The Kier molecular flexibility index (Phi) is 1.94. The molecule has 1 heterocycles. The molecule has 0 aromatic heterocycles. The van der Waals surface area contributed by atoms with Gasteiger partial charge in [0.25, 0.3) is 0 Å². The van der Waals surface area contributed by atoms with Crippen LogP contribution in [0.5, 0.6) is 0 Å². The second kappa shape index (κ2) is 2.91. The van der Waals surface area contributed by atoms with Crippen LogP contribution in [0.3, 0.4) is 0 Å². The zero-order valence-corrected chi connectivity index (χ0v) is 5.20. The van der Waals surface area contributed by atoms with Crippen molar-refractivity contribution in [3.05, 3.63) is 24.1 Å². The maximum Gasteiger partial charge on any atom is 0.333 e. The highest BCUT2D eigenvalue weighted by molar-refractivity contribution is 5.86. The van der Waals surface area contributed by atoms with Crippen molar-refractivity contribution in [2.75, 3.05) is 0 Å². The van der Waals surface area contributed by atoms with Crippen molar-refractivity contribution >= 4 is 5.97 Å². The van der Waals surface area contributed by atoms with E-state index in [0.717, 1.165) is 0 Å². The summed E-state index contributed by atoms with van der Waals surface area (Å²) < 4.78 is 0. The molecule has 0 fully saturated rings. The minimum absolute atomic E-state index is 0.286. The van der Waals surface area contributed by atoms with E-state index in [1.807, 2.05) is 0 Å². The molecular formula is C6H7NO3. The molecule has 0 aromatic carbocycles. The van der Waals surface area contributed by atoms with Crippen LogP contribution in [0.1, 0.15) is 6.42 Å². The molecule has 0 spiro atoms. The normalized spacial score (nSPS) is 16.2. The molecule has 4 nitrogen and oxygen atoms in total. The van der Waals surface area contributed by atoms with Crippen LogP contribution in [0.2, 0.25) is 0 Å². The van der Waals surface area contributed by atoms with Gasteiger partial charge in [-0.3, -0.25) is 0 Å². The van der Waals surface area contributed by atoms with Crippen molar-refractivity contribution in [3.8, 4) is 0 Å². The fourth-order valence-corrected chi connectivity index (χ4v) is 0.576. The van der Waals surface area contributed by atoms with Crippen LogP contribution in [0, 0.1) is 0 Å². The summed E-state index contributed by atoms with van der Waals surface area (Å²) in [5.41, 5.74) is 2.63. The number of allylic oxidation sites excluding steroid dienone is 1. The number of nitrogens with one attached hydrogen (secondary N) is 1. The van der Waals surface area contributed by atoms with Gasteiger partial charge < -0.3 is 9.94 Å². The molecule has 0 radical (unpaired) electrons. The lowest BCUT2D eigenvalue weighted by molar-refractivity contribution is -0.132. The molecule has 0 bridgehead atoms. The van der Waals surface area contributed by atoms with Gasteiger partial charge in [-0.1, -0.05) is 0 Å². The van der Waals surface area contributed by atoms with Crippen molar-refractivity contribution < 1.29 is 14.7 Å². The van der Waals surface area contributed by atoms with Gasteiger partial charge in [0.1, 0.15) is 6.26 Å². The molecule has 1 rings (SSSR count). The maximum atomic E-state index is 10.3. The smallest absolute Gasteiger partial charge is 0.333 e. The molecule has 1 aliphatic heterocycles. The van der Waals surface area contributed by atoms with Crippen LogP contribution in [0.4, 0.5) is 0 Å². The molecule has 0 aromatic rings. The minimum atomic E-state index is -0.928. The number of hydrogen-bond donors (Lipinski definition) is 2. The average molecular weight is 141 g/mol. The van der Waals surface area contributed by atoms with E-state index in [2.05, 4.69) is 10.3 Å². The molecule has 0 aliphatic carbocycles. The maximum absolute atomic E-state index is 10.3.